The van der Waals surface area contributed by atoms with Gasteiger partial charge in [-0.25, -0.2) is 4.79 Å². The minimum Gasteiger partial charge on any atom is -0.334 e. The predicted molar refractivity (Wildman–Crippen MR) is 136 cm³/mol. The lowest BCUT2D eigenvalue weighted by Gasteiger charge is -2.35. The van der Waals surface area contributed by atoms with Gasteiger partial charge < -0.3 is 9.84 Å². The van der Waals surface area contributed by atoms with E-state index in [2.05, 4.69) is 47.7 Å². The van der Waals surface area contributed by atoms with Crippen molar-refractivity contribution in [2.45, 2.75) is 39.8 Å². The molecule has 6 heteroatoms. The molecule has 1 aromatic heterocycles. The summed E-state index contributed by atoms with van der Waals surface area (Å²) in [5.41, 5.74) is 6.89. The lowest BCUT2D eigenvalue weighted by Crippen LogP contribution is -2.45. The number of carbonyl (C=O) groups is 1. The fourth-order valence-corrected chi connectivity index (χ4v) is 4.48. The molecule has 0 bridgehead atoms. The molecule has 0 aliphatic carbocycles. The summed E-state index contributed by atoms with van der Waals surface area (Å²) < 4.78 is 5.78. The van der Waals surface area contributed by atoms with Crippen LogP contribution < -0.4 is 5.32 Å². The largest absolute Gasteiger partial charge is 0.334 e. The first-order chi connectivity index (χ1) is 17.0. The van der Waals surface area contributed by atoms with Gasteiger partial charge in [-0.3, -0.25) is 4.90 Å². The van der Waals surface area contributed by atoms with Gasteiger partial charge in [0.2, 0.25) is 5.82 Å². The van der Waals surface area contributed by atoms with Crippen LogP contribution in [0.5, 0.6) is 0 Å². The van der Waals surface area contributed by atoms with E-state index in [0.29, 0.717) is 18.3 Å². The number of nitrogens with one attached hydrogen (secondary N) is 1. The van der Waals surface area contributed by atoms with Crippen molar-refractivity contribution in [3.8, 4) is 11.4 Å². The SMILES string of the molecule is CCc1ccc(C2NC(=O)N(Cc3cccc(C)c3)C(C)=C2c2nc(-c3ccccc3)no2)cc1. The molecule has 0 radical (unpaired) electrons. The maximum atomic E-state index is 13.3. The van der Waals surface area contributed by atoms with Gasteiger partial charge in [0, 0.05) is 11.3 Å². The number of aromatic nitrogens is 2. The zero-order valence-electron chi connectivity index (χ0n) is 20.2. The molecule has 1 unspecified atom stereocenters. The molecule has 0 fully saturated rings. The summed E-state index contributed by atoms with van der Waals surface area (Å²) in [4.78, 5) is 19.8. The molecule has 0 saturated carbocycles. The lowest BCUT2D eigenvalue weighted by molar-refractivity contribution is 0.203. The summed E-state index contributed by atoms with van der Waals surface area (Å²) in [7, 11) is 0. The van der Waals surface area contributed by atoms with Crippen LogP contribution >= 0.6 is 0 Å². The summed E-state index contributed by atoms with van der Waals surface area (Å²) in [5, 5.41) is 7.42. The number of nitrogens with zero attached hydrogens (tertiary/aromatic N) is 3. The van der Waals surface area contributed by atoms with E-state index in [-0.39, 0.29) is 6.03 Å². The van der Waals surface area contributed by atoms with E-state index in [1.54, 1.807) is 4.90 Å². The molecule has 176 valence electrons. The van der Waals surface area contributed by atoms with E-state index < -0.39 is 6.04 Å². The second-order valence-electron chi connectivity index (χ2n) is 8.84. The normalized spacial score (nSPS) is 15.9. The van der Waals surface area contributed by atoms with Gasteiger partial charge in [0.05, 0.1) is 18.2 Å². The van der Waals surface area contributed by atoms with Crippen LogP contribution in [-0.2, 0) is 13.0 Å². The van der Waals surface area contributed by atoms with E-state index in [1.807, 2.05) is 62.4 Å². The first-order valence-electron chi connectivity index (χ1n) is 11.9. The third kappa shape index (κ3) is 4.60. The molecular weight excluding hydrogens is 436 g/mol. The number of amides is 2. The summed E-state index contributed by atoms with van der Waals surface area (Å²) in [6, 6.07) is 25.7. The van der Waals surface area contributed by atoms with Crippen LogP contribution in [0, 0.1) is 6.92 Å². The van der Waals surface area contributed by atoms with Gasteiger partial charge in [0.15, 0.2) is 0 Å². The van der Waals surface area contributed by atoms with Gasteiger partial charge in [-0.05, 0) is 37.0 Å². The average molecular weight is 465 g/mol. The first kappa shape index (κ1) is 22.6. The van der Waals surface area contributed by atoms with Crippen molar-refractivity contribution >= 4 is 11.6 Å². The third-order valence-electron chi connectivity index (χ3n) is 6.43. The Labute approximate surface area is 205 Å². The fraction of sp³-hybridized carbons (Fsp3) is 0.207. The van der Waals surface area contributed by atoms with Gasteiger partial charge in [0.1, 0.15) is 0 Å². The van der Waals surface area contributed by atoms with Gasteiger partial charge in [-0.2, -0.15) is 4.98 Å². The number of aryl methyl sites for hydroxylation is 2. The summed E-state index contributed by atoms with van der Waals surface area (Å²) in [6.45, 7) is 6.57. The molecule has 3 aromatic carbocycles. The smallest absolute Gasteiger partial charge is 0.322 e. The Morgan fingerprint density at radius 3 is 2.43 bits per heavy atom. The van der Waals surface area contributed by atoms with Gasteiger partial charge >= 0.3 is 6.03 Å². The number of carbonyl (C=O) groups excluding carboxylic acids is 1. The van der Waals surface area contributed by atoms with E-state index >= 15 is 0 Å². The van der Waals surface area contributed by atoms with Gasteiger partial charge in [-0.15, -0.1) is 0 Å². The molecule has 1 atom stereocenters. The highest BCUT2D eigenvalue weighted by Crippen LogP contribution is 2.38. The van der Waals surface area contributed by atoms with E-state index in [9.17, 15) is 4.79 Å². The number of rotatable bonds is 6. The Hall–Kier alpha value is -4.19. The molecular formula is C29H28N4O2. The standard InChI is InChI=1S/C29H28N4O2/c1-4-21-13-15-23(16-14-21)26-25(28-31-27(32-35-28)24-11-6-5-7-12-24)20(3)33(29(34)30-26)18-22-10-8-9-19(2)17-22/h5-17,26H,4,18H2,1-3H3,(H,30,34). The van der Waals surface area contributed by atoms with Crippen LogP contribution in [-0.4, -0.2) is 21.1 Å². The molecule has 2 amide bonds. The van der Waals surface area contributed by atoms with E-state index in [0.717, 1.165) is 39.9 Å². The maximum absolute atomic E-state index is 13.3. The monoisotopic (exact) mass is 464 g/mol. The maximum Gasteiger partial charge on any atom is 0.322 e. The molecule has 1 aliphatic heterocycles. The molecule has 0 saturated heterocycles. The zero-order valence-corrected chi connectivity index (χ0v) is 20.2. The Morgan fingerprint density at radius 1 is 0.943 bits per heavy atom. The van der Waals surface area contributed by atoms with Crippen molar-refractivity contribution < 1.29 is 9.32 Å². The number of urea groups is 1. The molecule has 1 aliphatic rings. The first-order valence-corrected chi connectivity index (χ1v) is 11.9. The van der Waals surface area contributed by atoms with E-state index in [4.69, 9.17) is 9.51 Å². The molecule has 35 heavy (non-hydrogen) atoms. The lowest BCUT2D eigenvalue weighted by atomic mass is 9.93. The second-order valence-corrected chi connectivity index (χ2v) is 8.84. The van der Waals surface area contributed by atoms with Crippen molar-refractivity contribution in [1.29, 1.82) is 0 Å². The zero-order chi connectivity index (χ0) is 24.4. The fourth-order valence-electron chi connectivity index (χ4n) is 4.48. The van der Waals surface area contributed by atoms with E-state index in [1.165, 1.54) is 5.56 Å². The number of benzene rings is 3. The second kappa shape index (κ2) is 9.58. The topological polar surface area (TPSA) is 71.3 Å². The minimum absolute atomic E-state index is 0.153. The Morgan fingerprint density at radius 2 is 1.71 bits per heavy atom. The van der Waals surface area contributed by atoms with Crippen LogP contribution in [0.4, 0.5) is 4.79 Å². The van der Waals surface area contributed by atoms with Crippen LogP contribution in [0.3, 0.4) is 0 Å². The highest BCUT2D eigenvalue weighted by molar-refractivity contribution is 5.86. The van der Waals surface area contributed by atoms with Crippen molar-refractivity contribution in [2.75, 3.05) is 0 Å². The molecule has 2 heterocycles. The highest BCUT2D eigenvalue weighted by atomic mass is 16.5. The van der Waals surface area contributed by atoms with Gasteiger partial charge in [-0.1, -0.05) is 96.5 Å². The molecule has 4 aromatic rings. The predicted octanol–water partition coefficient (Wildman–Crippen LogP) is 6.31. The highest BCUT2D eigenvalue weighted by Gasteiger charge is 2.35. The van der Waals surface area contributed by atoms with Gasteiger partial charge in [0.25, 0.3) is 5.89 Å². The summed E-state index contributed by atoms with van der Waals surface area (Å²) in [5.74, 6) is 0.920. The molecule has 6 nitrogen and oxygen atoms in total. The van der Waals surface area contributed by atoms with Crippen LogP contribution in [0.25, 0.3) is 17.0 Å². The molecule has 5 rings (SSSR count). The quantitative estimate of drug-likeness (QED) is 0.363. The van der Waals surface area contributed by atoms with Crippen LogP contribution in [0.15, 0.2) is 89.1 Å². The number of allylic oxidation sites excluding steroid dienone is 1. The van der Waals surface area contributed by atoms with Crippen molar-refractivity contribution in [3.05, 3.63) is 113 Å². The third-order valence-corrected chi connectivity index (χ3v) is 6.43. The van der Waals surface area contributed by atoms with Crippen LogP contribution in [0.2, 0.25) is 0 Å². The van der Waals surface area contributed by atoms with Crippen molar-refractivity contribution in [2.24, 2.45) is 0 Å². The minimum atomic E-state index is -0.397. The number of hydrogen-bond acceptors (Lipinski definition) is 4. The summed E-state index contributed by atoms with van der Waals surface area (Å²) >= 11 is 0. The average Bonchev–Trinajstić information content (AvgIpc) is 3.37. The molecule has 0 spiro atoms. The Balaban J connectivity index is 1.59. The van der Waals surface area contributed by atoms with Crippen molar-refractivity contribution in [3.63, 3.8) is 0 Å². The molecule has 1 N–H and O–H groups in total. The van der Waals surface area contributed by atoms with Crippen LogP contribution in [0.1, 0.15) is 48.0 Å². The Kier molecular flexibility index (Phi) is 6.19. The van der Waals surface area contributed by atoms with Crippen molar-refractivity contribution in [1.82, 2.24) is 20.4 Å². The number of hydrogen-bond donors (Lipinski definition) is 1. The Bertz CT molecular complexity index is 1370. The summed E-state index contributed by atoms with van der Waals surface area (Å²) in [6.07, 6.45) is 0.952.